The molecule has 156 valence electrons. The third-order valence-electron chi connectivity index (χ3n) is 3.46. The Labute approximate surface area is 164 Å². The van der Waals surface area contributed by atoms with Gasteiger partial charge < -0.3 is 25.4 Å². The maximum Gasteiger partial charge on any atom is 0.490 e. The largest absolute Gasteiger partial charge is 0.506 e. The number of amides is 1. The van der Waals surface area contributed by atoms with E-state index in [4.69, 9.17) is 25.1 Å². The first-order valence-corrected chi connectivity index (χ1v) is 8.33. The lowest BCUT2D eigenvalue weighted by Gasteiger charge is -2.08. The first kappa shape index (κ1) is 21.8. The molecule has 13 heteroatoms. The minimum atomic E-state index is -5.08. The fourth-order valence-electron chi connectivity index (χ4n) is 2.18. The summed E-state index contributed by atoms with van der Waals surface area (Å²) in [7, 11) is 3.10. The number of imidazole rings is 1. The molecular formula is C16H14F3N3O6S. The van der Waals surface area contributed by atoms with Gasteiger partial charge in [-0.25, -0.2) is 9.78 Å². The Morgan fingerprint density at radius 2 is 1.72 bits per heavy atom. The Bertz CT molecular complexity index is 1060. The molecule has 0 saturated heterocycles. The Morgan fingerprint density at radius 1 is 1.17 bits per heavy atom. The quantitative estimate of drug-likeness (QED) is 0.575. The van der Waals surface area contributed by atoms with E-state index >= 15 is 0 Å². The van der Waals surface area contributed by atoms with Gasteiger partial charge in [-0.3, -0.25) is 9.36 Å². The lowest BCUT2D eigenvalue weighted by Crippen LogP contribution is -2.21. The number of carboxylic acid groups (broad SMARTS) is 1. The zero-order chi connectivity index (χ0) is 21.9. The first-order valence-electron chi connectivity index (χ1n) is 7.51. The Morgan fingerprint density at radius 3 is 2.17 bits per heavy atom. The highest BCUT2D eigenvalue weighted by molar-refractivity contribution is 7.16. The van der Waals surface area contributed by atoms with E-state index in [1.54, 1.807) is 37.2 Å². The molecule has 2 heterocycles. The summed E-state index contributed by atoms with van der Waals surface area (Å²) in [4.78, 5) is 24.6. The van der Waals surface area contributed by atoms with Gasteiger partial charge in [0.2, 0.25) is 0 Å². The molecular weight excluding hydrogens is 419 g/mol. The second kappa shape index (κ2) is 8.26. The van der Waals surface area contributed by atoms with Crippen LogP contribution in [-0.2, 0) is 4.79 Å². The zero-order valence-corrected chi connectivity index (χ0v) is 15.7. The molecule has 0 aliphatic carbocycles. The van der Waals surface area contributed by atoms with Crippen LogP contribution in [0.25, 0.3) is 16.0 Å². The van der Waals surface area contributed by atoms with Crippen LogP contribution in [0.1, 0.15) is 9.67 Å². The number of halogens is 3. The van der Waals surface area contributed by atoms with Crippen molar-refractivity contribution < 1.29 is 42.4 Å². The van der Waals surface area contributed by atoms with E-state index in [9.17, 15) is 23.1 Å². The molecule has 0 saturated carbocycles. The van der Waals surface area contributed by atoms with Gasteiger partial charge in [-0.1, -0.05) is 0 Å². The molecule has 3 rings (SSSR count). The minimum Gasteiger partial charge on any atom is -0.506 e. The van der Waals surface area contributed by atoms with Crippen LogP contribution in [-0.4, -0.2) is 52.0 Å². The van der Waals surface area contributed by atoms with Gasteiger partial charge in [0.25, 0.3) is 5.91 Å². The smallest absolute Gasteiger partial charge is 0.490 e. The Balaban J connectivity index is 0.000000370. The molecule has 0 unspecified atom stereocenters. The number of hydrogen-bond acceptors (Lipinski definition) is 7. The van der Waals surface area contributed by atoms with Crippen molar-refractivity contribution in [1.29, 1.82) is 0 Å². The van der Waals surface area contributed by atoms with Crippen molar-refractivity contribution in [3.63, 3.8) is 0 Å². The van der Waals surface area contributed by atoms with Crippen molar-refractivity contribution in [2.75, 3.05) is 14.2 Å². The highest BCUT2D eigenvalue weighted by Crippen LogP contribution is 2.36. The molecule has 0 atom stereocenters. The van der Waals surface area contributed by atoms with Crippen LogP contribution in [0.5, 0.6) is 17.2 Å². The van der Waals surface area contributed by atoms with Crippen LogP contribution in [0.15, 0.2) is 24.5 Å². The van der Waals surface area contributed by atoms with Crippen molar-refractivity contribution in [2.45, 2.75) is 6.18 Å². The molecule has 1 aromatic carbocycles. The number of benzene rings is 1. The number of methoxy groups -OCH3 is 2. The molecule has 2 aromatic heterocycles. The third kappa shape index (κ3) is 4.68. The average Bonchev–Trinajstić information content (AvgIpc) is 3.22. The van der Waals surface area contributed by atoms with E-state index in [0.29, 0.717) is 22.0 Å². The number of hydrogen-bond donors (Lipinski definition) is 3. The van der Waals surface area contributed by atoms with Gasteiger partial charge in [0.05, 0.1) is 25.3 Å². The summed E-state index contributed by atoms with van der Waals surface area (Å²) in [6, 6.07) is 5.01. The molecule has 0 bridgehead atoms. The summed E-state index contributed by atoms with van der Waals surface area (Å²) in [6.07, 6.45) is -3.49. The summed E-state index contributed by atoms with van der Waals surface area (Å²) >= 11 is 1.09. The number of nitrogens with two attached hydrogens (primary N) is 1. The predicted octanol–water partition coefficient (Wildman–Crippen LogP) is 2.54. The molecule has 3 aromatic rings. The molecule has 0 spiro atoms. The maximum absolute atomic E-state index is 11.3. The van der Waals surface area contributed by atoms with Crippen LogP contribution in [0.4, 0.5) is 13.2 Å². The van der Waals surface area contributed by atoms with E-state index in [1.165, 1.54) is 6.07 Å². The van der Waals surface area contributed by atoms with Crippen molar-refractivity contribution in [3.8, 4) is 22.2 Å². The molecule has 4 N–H and O–H groups in total. The third-order valence-corrected chi connectivity index (χ3v) is 4.59. The van der Waals surface area contributed by atoms with Crippen LogP contribution >= 0.6 is 11.3 Å². The van der Waals surface area contributed by atoms with Gasteiger partial charge in [-0.15, -0.1) is 11.3 Å². The number of carboxylic acids is 1. The molecule has 0 radical (unpaired) electrons. The van der Waals surface area contributed by atoms with Crippen molar-refractivity contribution >= 4 is 34.2 Å². The Hall–Kier alpha value is -3.48. The number of carbonyl (C=O) groups is 2. The average molecular weight is 433 g/mol. The molecule has 0 aliphatic rings. The normalized spacial score (nSPS) is 10.9. The monoisotopic (exact) mass is 433 g/mol. The highest BCUT2D eigenvalue weighted by atomic mass is 32.1. The lowest BCUT2D eigenvalue weighted by atomic mass is 10.2. The van der Waals surface area contributed by atoms with Crippen LogP contribution < -0.4 is 15.2 Å². The molecule has 0 fully saturated rings. The van der Waals surface area contributed by atoms with Crippen LogP contribution in [0, 0.1) is 0 Å². The highest BCUT2D eigenvalue weighted by Gasteiger charge is 2.38. The van der Waals surface area contributed by atoms with Crippen LogP contribution in [0.2, 0.25) is 0 Å². The summed E-state index contributed by atoms with van der Waals surface area (Å²) in [5, 5.41) is 17.5. The number of aromatic hydroxyl groups is 1. The van der Waals surface area contributed by atoms with Gasteiger partial charge in [0.15, 0.2) is 11.5 Å². The topological polar surface area (TPSA) is 137 Å². The summed E-state index contributed by atoms with van der Waals surface area (Å²) < 4.78 is 44.0. The number of aromatic nitrogens is 2. The summed E-state index contributed by atoms with van der Waals surface area (Å²) in [5.41, 5.74) is 6.69. The molecule has 0 aliphatic heterocycles. The zero-order valence-electron chi connectivity index (χ0n) is 14.9. The second-order valence-electron chi connectivity index (χ2n) is 5.28. The molecule has 9 nitrogen and oxygen atoms in total. The number of nitrogens with zero attached hydrogens (tertiary/aromatic N) is 2. The van der Waals surface area contributed by atoms with Crippen molar-refractivity contribution in [2.24, 2.45) is 5.73 Å². The molecule has 1 amide bonds. The maximum atomic E-state index is 11.3. The number of carbonyl (C=O) groups excluding carboxylic acids is 1. The first-order chi connectivity index (χ1) is 13.5. The number of aliphatic carboxylic acids is 1. The summed E-state index contributed by atoms with van der Waals surface area (Å²) in [5.74, 6) is -2.43. The van der Waals surface area contributed by atoms with Gasteiger partial charge in [-0.05, 0) is 0 Å². The van der Waals surface area contributed by atoms with Gasteiger partial charge in [0.1, 0.15) is 22.0 Å². The van der Waals surface area contributed by atoms with Gasteiger partial charge in [0, 0.05) is 18.2 Å². The van der Waals surface area contributed by atoms with Crippen LogP contribution in [0.3, 0.4) is 0 Å². The van der Waals surface area contributed by atoms with Crippen molar-refractivity contribution in [1.82, 2.24) is 9.55 Å². The number of fused-ring (bicyclic) bond motifs is 1. The number of ether oxygens (including phenoxy) is 2. The second-order valence-corrected chi connectivity index (χ2v) is 6.31. The predicted molar refractivity (Wildman–Crippen MR) is 95.9 cm³/mol. The van der Waals surface area contributed by atoms with Gasteiger partial charge >= 0.3 is 12.1 Å². The SMILES string of the molecule is COc1cc2ncn(-c3cc(O)c(C(N)=O)s3)c2cc1OC.O=C(O)C(F)(F)F. The fraction of sp³-hybridized carbons (Fsp3) is 0.188. The summed E-state index contributed by atoms with van der Waals surface area (Å²) in [6.45, 7) is 0. The van der Waals surface area contributed by atoms with E-state index in [0.717, 1.165) is 16.9 Å². The fourth-order valence-corrected chi connectivity index (χ4v) is 3.06. The number of alkyl halides is 3. The van der Waals surface area contributed by atoms with Gasteiger partial charge in [-0.2, -0.15) is 13.2 Å². The van der Waals surface area contributed by atoms with Crippen molar-refractivity contribution in [3.05, 3.63) is 29.4 Å². The standard InChI is InChI=1S/C14H13N3O4S.C2HF3O2/c1-20-10-3-7-8(4-11(10)21-2)17(6-16-7)12-5-9(18)13(22-12)14(15)19;3-2(4,5)1(6)7/h3-6,18H,1-2H3,(H2,15,19);(H,6,7). The molecule has 29 heavy (non-hydrogen) atoms. The number of thiophene rings is 1. The minimum absolute atomic E-state index is 0.109. The van der Waals surface area contributed by atoms with E-state index in [-0.39, 0.29) is 10.6 Å². The van der Waals surface area contributed by atoms with E-state index < -0.39 is 18.1 Å². The van der Waals surface area contributed by atoms with E-state index in [2.05, 4.69) is 4.98 Å². The Kier molecular flexibility index (Phi) is 6.21. The number of rotatable bonds is 4. The van der Waals surface area contributed by atoms with E-state index in [1.807, 2.05) is 0 Å². The number of primary amides is 1. The lowest BCUT2D eigenvalue weighted by molar-refractivity contribution is -0.192.